The molecular weight excluding hydrogens is 238 g/mol. The summed E-state index contributed by atoms with van der Waals surface area (Å²) in [7, 11) is 0. The lowest BCUT2D eigenvalue weighted by atomic mass is 10.1. The monoisotopic (exact) mass is 253 g/mol. The van der Waals surface area contributed by atoms with Gasteiger partial charge >= 0.3 is 0 Å². The van der Waals surface area contributed by atoms with Crippen LogP contribution in [0.4, 0.5) is 0 Å². The summed E-state index contributed by atoms with van der Waals surface area (Å²) in [5.41, 5.74) is 2.50. The number of nitrogens with zero attached hydrogens (tertiary/aromatic N) is 3. The topological polar surface area (TPSA) is 50.8 Å². The van der Waals surface area contributed by atoms with Crippen LogP contribution in [0.3, 0.4) is 0 Å². The van der Waals surface area contributed by atoms with E-state index in [9.17, 15) is 0 Å². The van der Waals surface area contributed by atoms with Crippen molar-refractivity contribution < 1.29 is 4.74 Å². The highest BCUT2D eigenvalue weighted by atomic mass is 16.5. The third-order valence-electron chi connectivity index (χ3n) is 3.35. The van der Waals surface area contributed by atoms with Crippen molar-refractivity contribution in [2.24, 2.45) is 0 Å². The minimum Gasteiger partial charge on any atom is -0.357 e. The maximum absolute atomic E-state index is 8.92. The van der Waals surface area contributed by atoms with Gasteiger partial charge in [-0.2, -0.15) is 10.4 Å². The Bertz CT molecular complexity index is 606. The normalized spacial score (nSPS) is 19.0. The Kier molecular flexibility index (Phi) is 3.30. The maximum Gasteiger partial charge on any atom is 0.150 e. The first-order chi connectivity index (χ1) is 9.36. The Morgan fingerprint density at radius 3 is 3.05 bits per heavy atom. The summed E-state index contributed by atoms with van der Waals surface area (Å²) < 4.78 is 7.59. The molecule has 2 heterocycles. The van der Waals surface area contributed by atoms with Gasteiger partial charge in [0.1, 0.15) is 6.23 Å². The number of benzene rings is 1. The number of rotatable bonds is 2. The predicted octanol–water partition coefficient (Wildman–Crippen LogP) is 3.12. The molecule has 19 heavy (non-hydrogen) atoms. The largest absolute Gasteiger partial charge is 0.357 e. The predicted molar refractivity (Wildman–Crippen MR) is 71.2 cm³/mol. The van der Waals surface area contributed by atoms with Gasteiger partial charge in [0, 0.05) is 18.4 Å². The fraction of sp³-hybridized carbons (Fsp3) is 0.333. The lowest BCUT2D eigenvalue weighted by Crippen LogP contribution is -2.18. The average molecular weight is 253 g/mol. The number of hydrogen-bond donors (Lipinski definition) is 0. The number of ether oxygens (including phenoxy) is 1. The second-order valence-corrected chi connectivity index (χ2v) is 4.69. The van der Waals surface area contributed by atoms with E-state index in [-0.39, 0.29) is 6.23 Å². The zero-order valence-electron chi connectivity index (χ0n) is 10.6. The Morgan fingerprint density at radius 2 is 2.26 bits per heavy atom. The van der Waals surface area contributed by atoms with E-state index in [2.05, 4.69) is 11.2 Å². The lowest BCUT2D eigenvalue weighted by molar-refractivity contribution is -0.0393. The molecule has 0 spiro atoms. The van der Waals surface area contributed by atoms with Crippen LogP contribution in [-0.2, 0) is 4.74 Å². The molecule has 0 radical (unpaired) electrons. The summed E-state index contributed by atoms with van der Waals surface area (Å²) in [6, 6.07) is 11.6. The van der Waals surface area contributed by atoms with Crippen molar-refractivity contribution in [3.8, 4) is 17.3 Å². The van der Waals surface area contributed by atoms with Gasteiger partial charge < -0.3 is 4.74 Å². The van der Waals surface area contributed by atoms with E-state index >= 15 is 0 Å². The van der Waals surface area contributed by atoms with Crippen LogP contribution in [0.5, 0.6) is 0 Å². The number of nitriles is 1. The van der Waals surface area contributed by atoms with Crippen molar-refractivity contribution in [1.82, 2.24) is 9.78 Å². The van der Waals surface area contributed by atoms with Crippen LogP contribution in [0, 0.1) is 11.3 Å². The lowest BCUT2D eigenvalue weighted by Gasteiger charge is -2.22. The van der Waals surface area contributed by atoms with Gasteiger partial charge in [-0.25, -0.2) is 4.68 Å². The Labute approximate surface area is 112 Å². The molecule has 0 N–H and O–H groups in total. The van der Waals surface area contributed by atoms with Crippen molar-refractivity contribution >= 4 is 0 Å². The summed E-state index contributed by atoms with van der Waals surface area (Å²) in [6.07, 6.45) is 5.34. The van der Waals surface area contributed by atoms with E-state index in [1.165, 1.54) is 6.42 Å². The zero-order valence-corrected chi connectivity index (χ0v) is 10.6. The maximum atomic E-state index is 8.92. The van der Waals surface area contributed by atoms with E-state index in [1.807, 2.05) is 35.1 Å². The van der Waals surface area contributed by atoms with Gasteiger partial charge in [-0.15, -0.1) is 0 Å². The quantitative estimate of drug-likeness (QED) is 0.826. The second-order valence-electron chi connectivity index (χ2n) is 4.69. The van der Waals surface area contributed by atoms with Crippen LogP contribution in [0.1, 0.15) is 31.1 Å². The fourth-order valence-electron chi connectivity index (χ4n) is 2.33. The van der Waals surface area contributed by atoms with Crippen LogP contribution in [0.25, 0.3) is 11.3 Å². The summed E-state index contributed by atoms with van der Waals surface area (Å²) >= 11 is 0. The van der Waals surface area contributed by atoms with Crippen LogP contribution in [-0.4, -0.2) is 16.4 Å². The minimum atomic E-state index is 0.0571. The van der Waals surface area contributed by atoms with Crippen molar-refractivity contribution in [2.45, 2.75) is 25.5 Å². The molecule has 1 aromatic carbocycles. The fourth-order valence-corrected chi connectivity index (χ4v) is 2.33. The molecule has 0 aliphatic carbocycles. The van der Waals surface area contributed by atoms with Gasteiger partial charge in [0.05, 0.1) is 17.3 Å². The van der Waals surface area contributed by atoms with E-state index in [0.29, 0.717) is 5.56 Å². The summed E-state index contributed by atoms with van der Waals surface area (Å²) in [4.78, 5) is 0. The first-order valence-electron chi connectivity index (χ1n) is 6.54. The molecule has 3 rings (SSSR count). The van der Waals surface area contributed by atoms with Gasteiger partial charge in [0.2, 0.25) is 0 Å². The summed E-state index contributed by atoms with van der Waals surface area (Å²) in [5.74, 6) is 0. The molecule has 1 atom stereocenters. The van der Waals surface area contributed by atoms with Gasteiger partial charge in [0.15, 0.2) is 0 Å². The zero-order chi connectivity index (χ0) is 13.1. The van der Waals surface area contributed by atoms with Crippen molar-refractivity contribution in [2.75, 3.05) is 6.61 Å². The number of aromatic nitrogens is 2. The molecule has 1 aliphatic heterocycles. The first-order valence-corrected chi connectivity index (χ1v) is 6.54. The standard InChI is InChI=1S/C15H15N3O/c16-11-12-4-3-5-13(10-12)14-7-8-18(17-14)15-6-1-2-9-19-15/h3-5,7-8,10,15H,1-2,6,9H2. The van der Waals surface area contributed by atoms with Crippen LogP contribution >= 0.6 is 0 Å². The Hall–Kier alpha value is -2.12. The summed E-state index contributed by atoms with van der Waals surface area (Å²) in [5, 5.41) is 13.5. The molecule has 1 aliphatic rings. The molecule has 4 heteroatoms. The van der Waals surface area contributed by atoms with E-state index in [0.717, 1.165) is 30.7 Å². The Morgan fingerprint density at radius 1 is 1.32 bits per heavy atom. The molecule has 96 valence electrons. The molecular formula is C15H15N3O. The molecule has 0 saturated carbocycles. The molecule has 2 aromatic rings. The molecule has 0 amide bonds. The molecule has 1 fully saturated rings. The van der Waals surface area contributed by atoms with Crippen molar-refractivity contribution in [1.29, 1.82) is 5.26 Å². The third-order valence-corrected chi connectivity index (χ3v) is 3.35. The minimum absolute atomic E-state index is 0.0571. The molecule has 1 unspecified atom stereocenters. The highest BCUT2D eigenvalue weighted by Gasteiger charge is 2.16. The number of hydrogen-bond acceptors (Lipinski definition) is 3. The van der Waals surface area contributed by atoms with Crippen LogP contribution < -0.4 is 0 Å². The van der Waals surface area contributed by atoms with Crippen molar-refractivity contribution in [3.05, 3.63) is 42.1 Å². The van der Waals surface area contributed by atoms with Gasteiger partial charge in [0.25, 0.3) is 0 Å². The highest BCUT2D eigenvalue weighted by molar-refractivity contribution is 5.60. The molecule has 1 aromatic heterocycles. The van der Waals surface area contributed by atoms with Gasteiger partial charge in [-0.3, -0.25) is 0 Å². The van der Waals surface area contributed by atoms with E-state index < -0.39 is 0 Å². The van der Waals surface area contributed by atoms with Gasteiger partial charge in [-0.1, -0.05) is 12.1 Å². The average Bonchev–Trinajstić information content (AvgIpc) is 2.98. The van der Waals surface area contributed by atoms with Crippen LogP contribution in [0.15, 0.2) is 36.5 Å². The molecule has 4 nitrogen and oxygen atoms in total. The third kappa shape index (κ3) is 2.51. The van der Waals surface area contributed by atoms with Crippen LogP contribution in [0.2, 0.25) is 0 Å². The van der Waals surface area contributed by atoms with E-state index in [4.69, 9.17) is 10.00 Å². The molecule has 0 bridgehead atoms. The SMILES string of the molecule is N#Cc1cccc(-c2ccn(C3CCCCO3)n2)c1. The summed E-state index contributed by atoms with van der Waals surface area (Å²) in [6.45, 7) is 0.809. The Balaban J connectivity index is 1.86. The second kappa shape index (κ2) is 5.25. The van der Waals surface area contributed by atoms with Gasteiger partial charge in [-0.05, 0) is 37.5 Å². The highest BCUT2D eigenvalue weighted by Crippen LogP contribution is 2.24. The smallest absolute Gasteiger partial charge is 0.150 e. The first kappa shape index (κ1) is 11.9. The molecule has 1 saturated heterocycles. The van der Waals surface area contributed by atoms with E-state index in [1.54, 1.807) is 6.07 Å². The van der Waals surface area contributed by atoms with Crippen molar-refractivity contribution in [3.63, 3.8) is 0 Å².